The van der Waals surface area contributed by atoms with E-state index in [-0.39, 0.29) is 100 Å². The number of carbonyl (C=O) groups excluding carboxylic acids is 7. The van der Waals surface area contributed by atoms with Crippen LogP contribution in [0.3, 0.4) is 0 Å². The average Bonchev–Trinajstić information content (AvgIpc) is 0.966. The van der Waals surface area contributed by atoms with Crippen molar-refractivity contribution in [1.29, 1.82) is 0 Å². The number of unbranched alkanes of at least 4 members (excludes halogenated alkanes) is 12. The number of hydrogen-bond acceptors (Lipinski definition) is 19. The van der Waals surface area contributed by atoms with Gasteiger partial charge in [0.05, 0.1) is 19.8 Å². The Morgan fingerprint density at radius 3 is 1.55 bits per heavy atom. The van der Waals surface area contributed by atoms with Gasteiger partial charge in [-0.3, -0.25) is 4.79 Å². The van der Waals surface area contributed by atoms with Gasteiger partial charge in [-0.2, -0.15) is 0 Å². The molecule has 1 unspecified atom stereocenters. The van der Waals surface area contributed by atoms with Gasteiger partial charge < -0.3 is 56.8 Å². The van der Waals surface area contributed by atoms with Gasteiger partial charge in [0.2, 0.25) is 5.75 Å². The molecule has 562 valence electrons. The lowest BCUT2D eigenvalue weighted by molar-refractivity contribution is -0.151. The van der Waals surface area contributed by atoms with Crippen LogP contribution in [-0.2, 0) is 74.9 Å². The third-order valence-corrected chi connectivity index (χ3v) is 17.0. The lowest BCUT2D eigenvalue weighted by Gasteiger charge is -2.35. The zero-order valence-corrected chi connectivity index (χ0v) is 60.9. The van der Waals surface area contributed by atoms with Gasteiger partial charge in [-0.25, -0.2) is 41.9 Å². The maximum atomic E-state index is 15.8. The van der Waals surface area contributed by atoms with Gasteiger partial charge >= 0.3 is 42.2 Å². The molecule has 5 aromatic carbocycles. The van der Waals surface area contributed by atoms with Crippen molar-refractivity contribution in [2.24, 2.45) is 5.41 Å². The second-order valence-corrected chi connectivity index (χ2v) is 26.4. The molecule has 2 saturated heterocycles. The van der Waals surface area contributed by atoms with Crippen LogP contribution in [0.2, 0.25) is 0 Å². The number of rotatable bonds is 43. The minimum Gasteiger partial charge on any atom is -0.494 e. The first-order valence-corrected chi connectivity index (χ1v) is 35.5. The molecule has 0 spiro atoms. The number of carbonyl (C=O) groups is 7. The van der Waals surface area contributed by atoms with Crippen LogP contribution in [0.1, 0.15) is 168 Å². The summed E-state index contributed by atoms with van der Waals surface area (Å²) in [5.41, 5.74) is 3.03. The molecular weight excluding hydrogens is 1350 g/mol. The number of esters is 5. The van der Waals surface area contributed by atoms with Crippen molar-refractivity contribution in [3.05, 3.63) is 168 Å². The SMILES string of the molecule is C=C(C)C(=O)OCCCc1cc(-c2ccc(-c3ccc(OCCCCCCCC)cc3)cc2F)ccc1OCC1(COC(=O)C(=C)C)COC(=O)OC1.C=C(C)C(=O)OCc1cc(-c2cc(F)c(OC(=O)CCCCCCCCCC)c(F)c2)ccc1OCCCC1(COC(=O)C(=C)C)COC(=O)O1. The second kappa shape index (κ2) is 42.7. The summed E-state index contributed by atoms with van der Waals surface area (Å²) in [6.07, 6.45) is 15.3. The highest BCUT2D eigenvalue weighted by atomic mass is 19.1. The first kappa shape index (κ1) is 83.1. The summed E-state index contributed by atoms with van der Waals surface area (Å²) in [6.45, 7) is 24.8. The zero-order valence-electron chi connectivity index (χ0n) is 60.9. The fourth-order valence-corrected chi connectivity index (χ4v) is 10.9. The molecule has 2 aliphatic heterocycles. The quantitative estimate of drug-likeness (QED) is 0.0116. The Morgan fingerprint density at radius 1 is 0.452 bits per heavy atom. The molecule has 2 fully saturated rings. The summed E-state index contributed by atoms with van der Waals surface area (Å²) in [4.78, 5) is 83.9. The number of aryl methyl sites for hydroxylation is 1. The van der Waals surface area contributed by atoms with E-state index in [1.807, 2.05) is 36.4 Å². The Bertz CT molecular complexity index is 3750. The van der Waals surface area contributed by atoms with E-state index in [0.29, 0.717) is 71.6 Å². The Kier molecular flexibility index (Phi) is 34.1. The van der Waals surface area contributed by atoms with Crippen molar-refractivity contribution in [3.8, 4) is 56.4 Å². The minimum absolute atomic E-state index is 0.0212. The largest absolute Gasteiger partial charge is 0.509 e. The van der Waals surface area contributed by atoms with Crippen molar-refractivity contribution in [1.82, 2.24) is 0 Å². The number of hydrogen-bond donors (Lipinski definition) is 0. The van der Waals surface area contributed by atoms with E-state index in [0.717, 1.165) is 73.1 Å². The molecule has 0 N–H and O–H groups in total. The first-order valence-electron chi connectivity index (χ1n) is 35.5. The van der Waals surface area contributed by atoms with Crippen LogP contribution < -0.4 is 18.9 Å². The summed E-state index contributed by atoms with van der Waals surface area (Å²) in [5.74, 6) is -4.67. The van der Waals surface area contributed by atoms with Gasteiger partial charge in [-0.15, -0.1) is 0 Å². The van der Waals surface area contributed by atoms with E-state index in [9.17, 15) is 33.6 Å². The van der Waals surface area contributed by atoms with Gasteiger partial charge in [0, 0.05) is 39.8 Å². The summed E-state index contributed by atoms with van der Waals surface area (Å²) >= 11 is 0. The monoisotopic (exact) mass is 1440 g/mol. The summed E-state index contributed by atoms with van der Waals surface area (Å²) in [7, 11) is 0. The van der Waals surface area contributed by atoms with Gasteiger partial charge in [0.15, 0.2) is 17.2 Å². The number of benzene rings is 5. The molecular formula is C82H99F3O19. The second-order valence-electron chi connectivity index (χ2n) is 26.4. The molecule has 2 heterocycles. The van der Waals surface area contributed by atoms with Crippen molar-refractivity contribution in [3.63, 3.8) is 0 Å². The molecule has 0 aliphatic carbocycles. The predicted molar refractivity (Wildman–Crippen MR) is 386 cm³/mol. The average molecular weight is 1450 g/mol. The van der Waals surface area contributed by atoms with Crippen molar-refractivity contribution in [2.75, 3.05) is 59.5 Å². The highest BCUT2D eigenvalue weighted by Gasteiger charge is 2.44. The van der Waals surface area contributed by atoms with Gasteiger partial charge in [-0.05, 0) is 154 Å². The van der Waals surface area contributed by atoms with Crippen molar-refractivity contribution >= 4 is 42.2 Å². The van der Waals surface area contributed by atoms with Crippen LogP contribution in [0.25, 0.3) is 33.4 Å². The fourth-order valence-electron chi connectivity index (χ4n) is 10.9. The number of cyclic esters (lactones) is 4. The number of ether oxygens (including phenoxy) is 12. The smallest absolute Gasteiger partial charge is 0.494 e. The lowest BCUT2D eigenvalue weighted by Crippen LogP contribution is -2.47. The topological polar surface area (TPSA) is 230 Å². The predicted octanol–water partition coefficient (Wildman–Crippen LogP) is 18.5. The fraction of sp³-hybridized carbons (Fsp3) is 0.451. The van der Waals surface area contributed by atoms with Crippen LogP contribution in [-0.4, -0.2) is 107 Å². The normalized spacial score (nSPS) is 14.2. The molecule has 22 heteroatoms. The lowest BCUT2D eigenvalue weighted by atomic mass is 9.91. The van der Waals surface area contributed by atoms with Gasteiger partial charge in [0.25, 0.3) is 0 Å². The summed E-state index contributed by atoms with van der Waals surface area (Å²) in [5, 5.41) is 0. The molecule has 19 nitrogen and oxygen atoms in total. The van der Waals surface area contributed by atoms with Gasteiger partial charge in [-0.1, -0.05) is 154 Å². The summed E-state index contributed by atoms with van der Waals surface area (Å²) in [6, 6.07) is 25.0. The van der Waals surface area contributed by atoms with Crippen LogP contribution in [0.15, 0.2) is 140 Å². The molecule has 2 aliphatic rings. The maximum Gasteiger partial charge on any atom is 0.509 e. The van der Waals surface area contributed by atoms with Crippen LogP contribution in [0.4, 0.5) is 22.8 Å². The van der Waals surface area contributed by atoms with Crippen molar-refractivity contribution in [2.45, 2.75) is 176 Å². The minimum atomic E-state index is -1.20. The molecule has 1 atom stereocenters. The molecule has 0 saturated carbocycles. The van der Waals surface area contributed by atoms with E-state index in [1.165, 1.54) is 71.8 Å². The zero-order chi connectivity index (χ0) is 75.6. The highest BCUT2D eigenvalue weighted by Crippen LogP contribution is 2.37. The Balaban J connectivity index is 0.000000327. The molecule has 7 rings (SSSR count). The van der Waals surface area contributed by atoms with Crippen molar-refractivity contribution < 1.29 is 104 Å². The molecule has 5 aromatic rings. The van der Waals surface area contributed by atoms with E-state index < -0.39 is 70.6 Å². The van der Waals surface area contributed by atoms with E-state index in [2.05, 4.69) is 40.2 Å². The van der Waals surface area contributed by atoms with E-state index in [1.54, 1.807) is 43.3 Å². The van der Waals surface area contributed by atoms with Crippen LogP contribution in [0.5, 0.6) is 23.0 Å². The molecule has 0 radical (unpaired) electrons. The van der Waals surface area contributed by atoms with Crippen LogP contribution >= 0.6 is 0 Å². The first-order chi connectivity index (χ1) is 49.8. The van der Waals surface area contributed by atoms with E-state index >= 15 is 13.2 Å². The molecule has 104 heavy (non-hydrogen) atoms. The van der Waals surface area contributed by atoms with E-state index in [4.69, 9.17) is 56.8 Å². The Morgan fingerprint density at radius 2 is 0.952 bits per heavy atom. The third kappa shape index (κ3) is 27.4. The van der Waals surface area contributed by atoms with Crippen LogP contribution in [0, 0.1) is 22.9 Å². The highest BCUT2D eigenvalue weighted by molar-refractivity contribution is 5.88. The Hall–Kier alpha value is -9.86. The maximum absolute atomic E-state index is 15.8. The Labute approximate surface area is 608 Å². The molecule has 0 amide bonds. The number of halogens is 3. The molecule has 0 bridgehead atoms. The van der Waals surface area contributed by atoms with Gasteiger partial charge in [0.1, 0.15) is 74.7 Å². The molecule has 0 aromatic heterocycles. The third-order valence-electron chi connectivity index (χ3n) is 17.0. The summed E-state index contributed by atoms with van der Waals surface area (Å²) < 4.78 is 111. The standard InChI is InChI=1S/C43H51FO9.C39H48F2O10/c1-6-7-8-9-10-11-22-48-36-18-14-32(15-19-36)33-16-20-37(38(44)25-33)34-17-21-39(35(24-34)13-12-23-49-40(45)30(2)3)50-26-43(27-51-41(46)31(4)5)28-52-42(47)53-29-43;1-6-7-8-9-10-11-12-13-15-34(42)50-35-31(40)21-29(22-32(35)41)28-16-17-33(30(20-28)23-47-36(43)26(2)3)46-19-14-18-39(25-49-38(45)51-39)24-48-37(44)27(4)5/h14-21,24-25H,2,4,6-13,22-23,26-29H2,1,3,5H3;16-17,20-22H,2,4,6-15,18-19,23-25H2,1,3,5H3.